The molecule has 0 heterocycles. The van der Waals surface area contributed by atoms with Gasteiger partial charge in [-0.05, 0) is 19.3 Å². The Hall–Kier alpha value is -1.32. The van der Waals surface area contributed by atoms with Crippen LogP contribution in [0.25, 0.3) is 0 Å². The molecule has 0 aliphatic rings. The molecule has 0 spiro atoms. The minimum absolute atomic E-state index is 0.0598. The number of hydrogen-bond donors (Lipinski definition) is 0. The standard InChI is InChI=1S/C25H47NO3/c1-4-7-9-11-13-15-17-21-26(22-18-16-14-12-10-8-5-2)24(27)19-20-25(28)29-23-6-3/h19-20H,4-18,21-23H2,1-3H3/b20-19+. The second-order valence-electron chi connectivity index (χ2n) is 8.07. The summed E-state index contributed by atoms with van der Waals surface area (Å²) in [6, 6.07) is 0. The molecule has 0 aromatic heterocycles. The van der Waals surface area contributed by atoms with Gasteiger partial charge in [0.2, 0.25) is 5.91 Å². The average molecular weight is 410 g/mol. The lowest BCUT2D eigenvalue weighted by molar-refractivity contribution is -0.138. The van der Waals surface area contributed by atoms with Gasteiger partial charge in [0.15, 0.2) is 0 Å². The van der Waals surface area contributed by atoms with Crippen molar-refractivity contribution in [3.63, 3.8) is 0 Å². The van der Waals surface area contributed by atoms with Crippen molar-refractivity contribution in [2.24, 2.45) is 0 Å². The number of ether oxygens (including phenoxy) is 1. The molecule has 0 atom stereocenters. The summed E-state index contributed by atoms with van der Waals surface area (Å²) >= 11 is 0. The van der Waals surface area contributed by atoms with Gasteiger partial charge in [0, 0.05) is 25.2 Å². The molecule has 1 amide bonds. The van der Waals surface area contributed by atoms with Gasteiger partial charge in [-0.1, -0.05) is 97.8 Å². The maximum atomic E-state index is 12.6. The van der Waals surface area contributed by atoms with Gasteiger partial charge in [-0.3, -0.25) is 4.79 Å². The molecule has 0 saturated heterocycles. The highest BCUT2D eigenvalue weighted by molar-refractivity contribution is 5.94. The van der Waals surface area contributed by atoms with E-state index in [9.17, 15) is 9.59 Å². The number of hydrogen-bond acceptors (Lipinski definition) is 3. The van der Waals surface area contributed by atoms with Gasteiger partial charge in [0.25, 0.3) is 0 Å². The highest BCUT2D eigenvalue weighted by Crippen LogP contribution is 2.10. The third-order valence-corrected chi connectivity index (χ3v) is 5.19. The van der Waals surface area contributed by atoms with Crippen LogP contribution in [0, 0.1) is 0 Å². The van der Waals surface area contributed by atoms with Crippen LogP contribution in [0.15, 0.2) is 12.2 Å². The summed E-state index contributed by atoms with van der Waals surface area (Å²) in [5, 5.41) is 0. The van der Waals surface area contributed by atoms with Gasteiger partial charge in [0.05, 0.1) is 6.61 Å². The molecule has 0 aliphatic carbocycles. The summed E-state index contributed by atoms with van der Waals surface area (Å²) in [5.41, 5.74) is 0. The first-order valence-electron chi connectivity index (χ1n) is 12.3. The van der Waals surface area contributed by atoms with E-state index < -0.39 is 5.97 Å². The Bertz CT molecular complexity index is 402. The van der Waals surface area contributed by atoms with Gasteiger partial charge in [-0.25, -0.2) is 4.79 Å². The Morgan fingerprint density at radius 1 is 0.621 bits per heavy atom. The molecule has 29 heavy (non-hydrogen) atoms. The van der Waals surface area contributed by atoms with Gasteiger partial charge in [0.1, 0.15) is 0 Å². The lowest BCUT2D eigenvalue weighted by atomic mass is 10.1. The van der Waals surface area contributed by atoms with Gasteiger partial charge < -0.3 is 9.64 Å². The molecule has 0 rings (SSSR count). The van der Waals surface area contributed by atoms with E-state index in [1.54, 1.807) is 0 Å². The molecular formula is C25H47NO3. The summed E-state index contributed by atoms with van der Waals surface area (Å²) in [6.07, 6.45) is 20.8. The highest BCUT2D eigenvalue weighted by Gasteiger charge is 2.11. The molecule has 170 valence electrons. The van der Waals surface area contributed by atoms with E-state index in [1.165, 1.54) is 89.2 Å². The fourth-order valence-corrected chi connectivity index (χ4v) is 3.35. The highest BCUT2D eigenvalue weighted by atomic mass is 16.5. The normalized spacial score (nSPS) is 11.1. The summed E-state index contributed by atoms with van der Waals surface area (Å²) in [5.74, 6) is -0.484. The second-order valence-corrected chi connectivity index (χ2v) is 8.07. The van der Waals surface area contributed by atoms with Crippen LogP contribution in [0.3, 0.4) is 0 Å². The van der Waals surface area contributed by atoms with Crippen LogP contribution in [0.4, 0.5) is 0 Å². The smallest absolute Gasteiger partial charge is 0.330 e. The van der Waals surface area contributed by atoms with E-state index >= 15 is 0 Å². The van der Waals surface area contributed by atoms with Crippen molar-refractivity contribution < 1.29 is 14.3 Å². The topological polar surface area (TPSA) is 46.6 Å². The monoisotopic (exact) mass is 409 g/mol. The Kier molecular flexibility index (Phi) is 20.4. The predicted molar refractivity (Wildman–Crippen MR) is 123 cm³/mol. The molecule has 0 unspecified atom stereocenters. The molecule has 0 aromatic carbocycles. The second kappa shape index (κ2) is 21.4. The maximum absolute atomic E-state index is 12.6. The number of unbranched alkanes of at least 4 members (excludes halogenated alkanes) is 12. The van der Waals surface area contributed by atoms with Crippen LogP contribution < -0.4 is 0 Å². The molecule has 0 bridgehead atoms. The van der Waals surface area contributed by atoms with Crippen LogP contribution in [0.2, 0.25) is 0 Å². The van der Waals surface area contributed by atoms with Crippen molar-refractivity contribution in [1.29, 1.82) is 0 Å². The zero-order chi connectivity index (χ0) is 21.6. The van der Waals surface area contributed by atoms with Crippen LogP contribution >= 0.6 is 0 Å². The van der Waals surface area contributed by atoms with Crippen molar-refractivity contribution in [2.75, 3.05) is 19.7 Å². The van der Waals surface area contributed by atoms with E-state index in [0.29, 0.717) is 6.61 Å². The van der Waals surface area contributed by atoms with Crippen molar-refractivity contribution in [2.45, 2.75) is 117 Å². The SMILES string of the molecule is CCCCCCCCCN(CCCCCCCCC)C(=O)/C=C/C(=O)OCCC. The van der Waals surface area contributed by atoms with Crippen molar-refractivity contribution >= 4 is 11.9 Å². The summed E-state index contributed by atoms with van der Waals surface area (Å²) in [6.45, 7) is 8.40. The van der Waals surface area contributed by atoms with Crippen molar-refractivity contribution in [1.82, 2.24) is 4.90 Å². The zero-order valence-corrected chi connectivity index (χ0v) is 19.6. The number of amides is 1. The van der Waals surface area contributed by atoms with E-state index in [-0.39, 0.29) is 5.91 Å². The fourth-order valence-electron chi connectivity index (χ4n) is 3.35. The number of nitrogens with zero attached hydrogens (tertiary/aromatic N) is 1. The third-order valence-electron chi connectivity index (χ3n) is 5.19. The van der Waals surface area contributed by atoms with Crippen LogP contribution in [-0.2, 0) is 14.3 Å². The number of carbonyl (C=O) groups is 2. The van der Waals surface area contributed by atoms with Gasteiger partial charge in [-0.2, -0.15) is 0 Å². The van der Waals surface area contributed by atoms with Gasteiger partial charge >= 0.3 is 5.97 Å². The van der Waals surface area contributed by atoms with E-state index in [2.05, 4.69) is 13.8 Å². The molecular weight excluding hydrogens is 362 g/mol. The van der Waals surface area contributed by atoms with E-state index in [0.717, 1.165) is 32.4 Å². The molecule has 0 aliphatic heterocycles. The average Bonchev–Trinajstić information content (AvgIpc) is 2.73. The molecule has 0 aromatic rings. The first-order valence-corrected chi connectivity index (χ1v) is 12.3. The Morgan fingerprint density at radius 2 is 1.07 bits per heavy atom. The van der Waals surface area contributed by atoms with Crippen molar-refractivity contribution in [3.8, 4) is 0 Å². The zero-order valence-electron chi connectivity index (χ0n) is 19.6. The molecule has 0 radical (unpaired) electrons. The van der Waals surface area contributed by atoms with Crippen LogP contribution in [-0.4, -0.2) is 36.5 Å². The largest absolute Gasteiger partial charge is 0.463 e. The van der Waals surface area contributed by atoms with E-state index in [4.69, 9.17) is 4.74 Å². The minimum atomic E-state index is -0.424. The minimum Gasteiger partial charge on any atom is -0.463 e. The molecule has 4 nitrogen and oxygen atoms in total. The molecule has 0 N–H and O–H groups in total. The first-order chi connectivity index (χ1) is 14.2. The Labute approximate surface area is 180 Å². The summed E-state index contributed by atoms with van der Waals surface area (Å²) in [4.78, 5) is 26.1. The number of rotatable bonds is 20. The first kappa shape index (κ1) is 27.7. The fraction of sp³-hybridized carbons (Fsp3) is 0.840. The Morgan fingerprint density at radius 3 is 1.52 bits per heavy atom. The Balaban J connectivity index is 4.29. The maximum Gasteiger partial charge on any atom is 0.330 e. The van der Waals surface area contributed by atoms with Gasteiger partial charge in [-0.15, -0.1) is 0 Å². The van der Waals surface area contributed by atoms with Crippen molar-refractivity contribution in [3.05, 3.63) is 12.2 Å². The number of esters is 1. The lowest BCUT2D eigenvalue weighted by Crippen LogP contribution is -2.31. The number of carbonyl (C=O) groups excluding carboxylic acids is 2. The predicted octanol–water partition coefficient (Wildman–Crippen LogP) is 6.83. The van der Waals surface area contributed by atoms with E-state index in [1.807, 2.05) is 11.8 Å². The third kappa shape index (κ3) is 18.4. The summed E-state index contributed by atoms with van der Waals surface area (Å²) in [7, 11) is 0. The van der Waals surface area contributed by atoms with Crippen LogP contribution in [0.5, 0.6) is 0 Å². The quantitative estimate of drug-likeness (QED) is 0.126. The molecule has 0 fully saturated rings. The van der Waals surface area contributed by atoms with Crippen LogP contribution in [0.1, 0.15) is 117 Å². The lowest BCUT2D eigenvalue weighted by Gasteiger charge is -2.21. The molecule has 0 saturated carbocycles. The summed E-state index contributed by atoms with van der Waals surface area (Å²) < 4.78 is 5.02. The molecule has 4 heteroatoms.